The van der Waals surface area contributed by atoms with E-state index in [9.17, 15) is 18.0 Å². The number of alkyl halides is 3. The van der Waals surface area contributed by atoms with Crippen molar-refractivity contribution in [3.8, 4) is 0 Å². The normalized spacial score (nSPS) is 16.6. The van der Waals surface area contributed by atoms with E-state index in [4.69, 9.17) is 0 Å². The zero-order valence-electron chi connectivity index (χ0n) is 17.3. The molecule has 0 unspecified atom stereocenters. The summed E-state index contributed by atoms with van der Waals surface area (Å²) in [6.07, 6.45) is 4.24. The number of rotatable bonds is 5. The van der Waals surface area contributed by atoms with Crippen molar-refractivity contribution < 1.29 is 18.0 Å². The van der Waals surface area contributed by atoms with Crippen LogP contribution in [-0.2, 0) is 12.6 Å². The molecule has 0 radical (unpaired) electrons. The van der Waals surface area contributed by atoms with Crippen molar-refractivity contribution >= 4 is 12.0 Å². The topological polar surface area (TPSA) is 70.7 Å². The van der Waals surface area contributed by atoms with E-state index in [1.807, 2.05) is 24.3 Å². The lowest BCUT2D eigenvalue weighted by molar-refractivity contribution is -0.137. The fourth-order valence-corrected chi connectivity index (χ4v) is 3.86. The van der Waals surface area contributed by atoms with Crippen LogP contribution in [0.15, 0.2) is 60.4 Å². The van der Waals surface area contributed by atoms with Gasteiger partial charge in [0.15, 0.2) is 0 Å². The van der Waals surface area contributed by atoms with E-state index in [0.29, 0.717) is 17.8 Å². The second kappa shape index (κ2) is 9.38. The molecule has 0 atom stereocenters. The molecule has 3 aromatic rings. The van der Waals surface area contributed by atoms with Crippen LogP contribution in [0.1, 0.15) is 58.6 Å². The van der Waals surface area contributed by atoms with Crippen molar-refractivity contribution in [1.29, 1.82) is 0 Å². The van der Waals surface area contributed by atoms with E-state index in [0.717, 1.165) is 49.1 Å². The van der Waals surface area contributed by atoms with Crippen LogP contribution in [0.4, 0.5) is 13.2 Å². The molecule has 1 aliphatic carbocycles. The number of carbonyl (C=O) groups is 1. The average Bonchev–Trinajstić information content (AvgIpc) is 3.30. The molecule has 0 bridgehead atoms. The molecule has 1 aliphatic rings. The van der Waals surface area contributed by atoms with Crippen molar-refractivity contribution in [1.82, 2.24) is 20.5 Å². The van der Waals surface area contributed by atoms with Crippen molar-refractivity contribution in [3.63, 3.8) is 0 Å². The lowest BCUT2D eigenvalue weighted by atomic mass is 9.89. The van der Waals surface area contributed by atoms with Crippen LogP contribution >= 0.6 is 0 Å². The van der Waals surface area contributed by atoms with Crippen molar-refractivity contribution in [2.24, 2.45) is 0 Å². The Hall–Kier alpha value is -3.42. The van der Waals surface area contributed by atoms with Crippen LogP contribution in [0.3, 0.4) is 0 Å². The highest BCUT2D eigenvalue weighted by molar-refractivity contribution is 5.92. The minimum absolute atomic E-state index is 0.135. The van der Waals surface area contributed by atoms with Gasteiger partial charge in [-0.15, -0.1) is 0 Å². The number of benzene rings is 1. The van der Waals surface area contributed by atoms with Gasteiger partial charge in [-0.25, -0.2) is 0 Å². The second-order valence-corrected chi connectivity index (χ2v) is 7.98. The Morgan fingerprint density at radius 2 is 1.97 bits per heavy atom. The first kappa shape index (κ1) is 21.8. The molecule has 1 aromatic carbocycles. The third-order valence-electron chi connectivity index (χ3n) is 5.57. The van der Waals surface area contributed by atoms with E-state index in [1.54, 1.807) is 12.3 Å². The number of carbonyl (C=O) groups excluding carboxylic acids is 1. The molecule has 5 nitrogen and oxygen atoms in total. The molecule has 2 heterocycles. The first-order valence-corrected chi connectivity index (χ1v) is 10.5. The van der Waals surface area contributed by atoms with E-state index in [-0.39, 0.29) is 11.9 Å². The molecule has 1 fully saturated rings. The van der Waals surface area contributed by atoms with Gasteiger partial charge in [-0.05, 0) is 55.0 Å². The Kier molecular flexibility index (Phi) is 6.39. The van der Waals surface area contributed by atoms with E-state index >= 15 is 0 Å². The fourth-order valence-electron chi connectivity index (χ4n) is 3.86. The highest BCUT2D eigenvalue weighted by Gasteiger charge is 2.30. The molecule has 4 rings (SSSR count). The maximum Gasteiger partial charge on any atom is 0.417 e. The van der Waals surface area contributed by atoms with Gasteiger partial charge in [0.05, 0.1) is 5.56 Å². The van der Waals surface area contributed by atoms with Gasteiger partial charge in [0.25, 0.3) is 5.91 Å². The predicted molar refractivity (Wildman–Crippen MR) is 115 cm³/mol. The largest absolute Gasteiger partial charge is 0.417 e. The zero-order valence-corrected chi connectivity index (χ0v) is 17.3. The molecule has 166 valence electrons. The zero-order chi connectivity index (χ0) is 22.6. The molecule has 1 saturated carbocycles. The number of nitrogens with one attached hydrogen (secondary N) is 2. The number of nitrogens with zero attached hydrogens (tertiary/aromatic N) is 2. The summed E-state index contributed by atoms with van der Waals surface area (Å²) >= 11 is 0. The van der Waals surface area contributed by atoms with Gasteiger partial charge < -0.3 is 5.32 Å². The third-order valence-corrected chi connectivity index (χ3v) is 5.57. The number of hydrogen-bond donors (Lipinski definition) is 2. The number of amides is 1. The Balaban J connectivity index is 1.34. The summed E-state index contributed by atoms with van der Waals surface area (Å²) in [6.45, 7) is 0. The van der Waals surface area contributed by atoms with Gasteiger partial charge in [-0.3, -0.25) is 14.9 Å². The molecule has 2 aromatic heterocycles. The quantitative estimate of drug-likeness (QED) is 0.575. The summed E-state index contributed by atoms with van der Waals surface area (Å²) in [4.78, 5) is 16.1. The number of aromatic nitrogens is 3. The van der Waals surface area contributed by atoms with Crippen molar-refractivity contribution in [3.05, 3.63) is 88.5 Å². The predicted octanol–water partition coefficient (Wildman–Crippen LogP) is 5.17. The van der Waals surface area contributed by atoms with Crippen LogP contribution in [0.2, 0.25) is 0 Å². The van der Waals surface area contributed by atoms with Crippen molar-refractivity contribution in [2.45, 2.75) is 44.3 Å². The third kappa shape index (κ3) is 5.63. The lowest BCUT2D eigenvalue weighted by Crippen LogP contribution is -2.36. The smallest absolute Gasteiger partial charge is 0.348 e. The molecule has 0 spiro atoms. The summed E-state index contributed by atoms with van der Waals surface area (Å²) in [5, 5.41) is 9.51. The minimum atomic E-state index is -4.38. The monoisotopic (exact) mass is 440 g/mol. The molecule has 32 heavy (non-hydrogen) atoms. The lowest BCUT2D eigenvalue weighted by Gasteiger charge is -2.24. The Morgan fingerprint density at radius 3 is 2.62 bits per heavy atom. The van der Waals surface area contributed by atoms with E-state index in [2.05, 4.69) is 26.6 Å². The minimum Gasteiger partial charge on any atom is -0.348 e. The summed E-state index contributed by atoms with van der Waals surface area (Å²) in [5.41, 5.74) is 3.69. The number of halogens is 3. The molecule has 8 heteroatoms. The van der Waals surface area contributed by atoms with Gasteiger partial charge in [0.2, 0.25) is 0 Å². The number of hydrogen-bond acceptors (Lipinski definition) is 3. The van der Waals surface area contributed by atoms with Crippen LogP contribution < -0.4 is 5.32 Å². The first-order chi connectivity index (χ1) is 15.4. The molecule has 2 N–H and O–H groups in total. The number of allylic oxidation sites excluding steroid dienone is 1. The van der Waals surface area contributed by atoms with Crippen LogP contribution in [0.25, 0.3) is 6.08 Å². The maximum atomic E-state index is 12.7. The van der Waals surface area contributed by atoms with E-state index in [1.165, 1.54) is 11.6 Å². The van der Waals surface area contributed by atoms with Gasteiger partial charge in [0.1, 0.15) is 5.69 Å². The Morgan fingerprint density at radius 1 is 1.16 bits per heavy atom. The van der Waals surface area contributed by atoms with Gasteiger partial charge in [-0.2, -0.15) is 18.3 Å². The van der Waals surface area contributed by atoms with Gasteiger partial charge in [0, 0.05) is 30.6 Å². The second-order valence-electron chi connectivity index (χ2n) is 7.98. The van der Waals surface area contributed by atoms with Crippen LogP contribution in [-0.4, -0.2) is 27.1 Å². The summed E-state index contributed by atoms with van der Waals surface area (Å²) < 4.78 is 38.1. The fraction of sp³-hybridized carbons (Fsp3) is 0.292. The molecular formula is C24H23F3N4O. The molecule has 0 saturated heterocycles. The average molecular weight is 440 g/mol. The number of aromatic amines is 1. The molecule has 0 aliphatic heterocycles. The number of H-pyrrole nitrogens is 1. The summed E-state index contributed by atoms with van der Waals surface area (Å²) in [6, 6.07) is 12.2. The highest BCUT2D eigenvalue weighted by Crippen LogP contribution is 2.29. The summed E-state index contributed by atoms with van der Waals surface area (Å²) in [7, 11) is 0. The number of pyridine rings is 1. The van der Waals surface area contributed by atoms with Gasteiger partial charge in [-0.1, -0.05) is 35.9 Å². The standard InChI is InChI=1S/C24H23F3N4O/c25-24(26,27)19-6-9-21(28-15-19)14-18-3-1-2-17(13-18)12-16-4-7-20(8-5-16)30-23(32)22-10-11-29-31-22/h1-3,6,9-13,15,20H,4-5,7-8,14H2,(H,29,31)(H,30,32). The Bertz CT molecular complexity index is 1080. The SMILES string of the molecule is O=C(NC1CCC(=Cc2cccc(Cc3ccc(C(F)(F)F)cn3)c2)CC1)c1ccn[nH]1. The van der Waals surface area contributed by atoms with E-state index < -0.39 is 11.7 Å². The first-order valence-electron chi connectivity index (χ1n) is 10.5. The van der Waals surface area contributed by atoms with Crippen molar-refractivity contribution in [2.75, 3.05) is 0 Å². The Labute approximate surface area is 183 Å². The van der Waals surface area contributed by atoms with Crippen LogP contribution in [0.5, 0.6) is 0 Å². The van der Waals surface area contributed by atoms with Gasteiger partial charge >= 0.3 is 6.18 Å². The molecule has 1 amide bonds. The highest BCUT2D eigenvalue weighted by atomic mass is 19.4. The summed E-state index contributed by atoms with van der Waals surface area (Å²) in [5.74, 6) is -0.135. The maximum absolute atomic E-state index is 12.7. The van der Waals surface area contributed by atoms with Crippen LogP contribution in [0, 0.1) is 0 Å². The molecular weight excluding hydrogens is 417 g/mol.